The molecule has 4 unspecified atom stereocenters. The molecule has 2 fully saturated rings. The molecule has 2 saturated heterocycles. The van der Waals surface area contributed by atoms with Gasteiger partial charge in [0.2, 0.25) is 0 Å². The molecule has 2 rings (SSSR count). The maximum atomic E-state index is 11.1. The normalized spacial score (nSPS) is 40.6. The summed E-state index contributed by atoms with van der Waals surface area (Å²) in [6.45, 7) is -1.21. The molecule has 17 heteroatoms. The van der Waals surface area contributed by atoms with Gasteiger partial charge in [0, 0.05) is 0 Å². The maximum Gasteiger partial charge on any atom is 0.421 e. The van der Waals surface area contributed by atoms with Crippen molar-refractivity contribution in [2.24, 2.45) is 11.7 Å². The highest BCUT2D eigenvalue weighted by molar-refractivity contribution is 5.66. The Morgan fingerprint density at radius 1 is 0.677 bits per heavy atom. The van der Waals surface area contributed by atoms with Gasteiger partial charge in [-0.05, 0) is 0 Å². The summed E-state index contributed by atoms with van der Waals surface area (Å²) in [5.74, 6) is 9.71. The number of hydrazine groups is 2. The van der Waals surface area contributed by atoms with Crippen molar-refractivity contribution in [3.05, 3.63) is 0 Å². The molecule has 2 aliphatic rings. The summed E-state index contributed by atoms with van der Waals surface area (Å²) < 4.78 is 25.1. The van der Waals surface area contributed by atoms with Crippen LogP contribution in [-0.4, -0.2) is 117 Å². The molecule has 0 radical (unpaired) electrons. The van der Waals surface area contributed by atoms with Crippen molar-refractivity contribution in [2.45, 2.75) is 61.4 Å². The lowest BCUT2D eigenvalue weighted by atomic mass is 9.98. The van der Waals surface area contributed by atoms with E-state index in [1.165, 1.54) is 0 Å². The first kappa shape index (κ1) is 25.4. The predicted octanol–water partition coefficient (Wildman–Crippen LogP) is -6.18. The first-order valence-electron chi connectivity index (χ1n) is 8.92. The van der Waals surface area contributed by atoms with E-state index in [4.69, 9.17) is 25.9 Å². The highest BCUT2D eigenvalue weighted by atomic mass is 16.8. The van der Waals surface area contributed by atoms with Gasteiger partial charge < -0.3 is 54.3 Å². The fourth-order valence-electron chi connectivity index (χ4n) is 2.86. The largest absolute Gasteiger partial charge is 0.446 e. The minimum Gasteiger partial charge on any atom is -0.446 e. The molecular formula is C14H26N4O13. The van der Waals surface area contributed by atoms with Gasteiger partial charge in [-0.2, -0.15) is 0 Å². The Balaban J connectivity index is 2.06. The number of nitrogens with two attached hydrogens (primary N) is 2. The highest BCUT2D eigenvalue weighted by Gasteiger charge is 2.50. The number of aliphatic hydroxyl groups is 6. The van der Waals surface area contributed by atoms with Crippen LogP contribution in [0.2, 0.25) is 0 Å². The molecule has 0 bridgehead atoms. The van der Waals surface area contributed by atoms with E-state index >= 15 is 0 Å². The number of aliphatic hydroxyl groups excluding tert-OH is 6. The number of rotatable bonds is 6. The predicted molar refractivity (Wildman–Crippen MR) is 91.8 cm³/mol. The molecule has 2 amide bonds. The SMILES string of the molecule is NNC(=O)OCC1O[C@H](O[C@H]2OC(COC(=O)NN)[C@@H](O)[C@H](O)C2O)C(O)[C@@H](O)[C@@H]1O. The fourth-order valence-corrected chi connectivity index (χ4v) is 2.86. The monoisotopic (exact) mass is 458 g/mol. The van der Waals surface area contributed by atoms with Crippen LogP contribution in [0.25, 0.3) is 0 Å². The van der Waals surface area contributed by atoms with Gasteiger partial charge in [0.15, 0.2) is 12.6 Å². The molecule has 0 aromatic carbocycles. The molecule has 0 saturated carbocycles. The molecule has 0 aromatic rings. The molecule has 0 spiro atoms. The first-order valence-corrected chi connectivity index (χ1v) is 8.92. The van der Waals surface area contributed by atoms with Crippen LogP contribution in [0, 0.1) is 0 Å². The second-order valence-electron chi connectivity index (χ2n) is 6.65. The van der Waals surface area contributed by atoms with Crippen molar-refractivity contribution in [1.82, 2.24) is 10.9 Å². The van der Waals surface area contributed by atoms with Gasteiger partial charge in [0.05, 0.1) is 0 Å². The highest BCUT2D eigenvalue weighted by Crippen LogP contribution is 2.28. The van der Waals surface area contributed by atoms with Crippen LogP contribution in [0.5, 0.6) is 0 Å². The van der Waals surface area contributed by atoms with E-state index in [0.29, 0.717) is 0 Å². The van der Waals surface area contributed by atoms with Crippen molar-refractivity contribution in [3.63, 3.8) is 0 Å². The number of hydrogen-bond donors (Lipinski definition) is 10. The van der Waals surface area contributed by atoms with Gasteiger partial charge in [-0.3, -0.25) is 10.9 Å². The van der Waals surface area contributed by atoms with Crippen LogP contribution in [0.4, 0.5) is 9.59 Å². The molecule has 0 aromatic heterocycles. The average molecular weight is 458 g/mol. The molecule has 2 aliphatic heterocycles. The van der Waals surface area contributed by atoms with Crippen molar-refractivity contribution in [2.75, 3.05) is 13.2 Å². The summed E-state index contributed by atoms with van der Waals surface area (Å²) in [5, 5.41) is 60.2. The molecule has 180 valence electrons. The minimum absolute atomic E-state index is 0.603. The Morgan fingerprint density at radius 3 is 1.35 bits per heavy atom. The lowest BCUT2D eigenvalue weighted by molar-refractivity contribution is -0.376. The summed E-state index contributed by atoms with van der Waals surface area (Å²) in [7, 11) is 0. The third-order valence-corrected chi connectivity index (χ3v) is 4.60. The van der Waals surface area contributed by atoms with E-state index < -0.39 is 86.8 Å². The number of ether oxygens (including phenoxy) is 5. The van der Waals surface area contributed by atoms with Gasteiger partial charge in [-0.25, -0.2) is 21.3 Å². The smallest absolute Gasteiger partial charge is 0.421 e. The van der Waals surface area contributed by atoms with E-state index in [-0.39, 0.29) is 0 Å². The Morgan fingerprint density at radius 2 is 1.03 bits per heavy atom. The third-order valence-electron chi connectivity index (χ3n) is 4.60. The van der Waals surface area contributed by atoms with E-state index in [2.05, 4.69) is 9.47 Å². The molecule has 17 nitrogen and oxygen atoms in total. The standard InChI is InChI=1S/C14H26N4O13/c15-17-13(25)27-1-3-5(19)7(21)9(23)11(29-3)31-12-10(24)8(22)6(20)4(30-12)2-28-14(26)18-16/h3-12,19-24H,1-2,15-16H2,(H,17,25)(H,18,26)/t3?,4?,5-,6-,7+,8+,9?,10?,11-,12-/m1/s1. The Bertz CT molecular complexity index is 565. The zero-order valence-electron chi connectivity index (χ0n) is 15.9. The van der Waals surface area contributed by atoms with Crippen LogP contribution >= 0.6 is 0 Å². The van der Waals surface area contributed by atoms with E-state index in [0.717, 1.165) is 0 Å². The van der Waals surface area contributed by atoms with Crippen LogP contribution in [0.3, 0.4) is 0 Å². The number of nitrogens with one attached hydrogen (secondary N) is 2. The lowest BCUT2D eigenvalue weighted by Gasteiger charge is -2.44. The quantitative estimate of drug-likeness (QED) is 0.101. The minimum atomic E-state index is -1.85. The zero-order chi connectivity index (χ0) is 23.3. The second kappa shape index (κ2) is 11.1. The van der Waals surface area contributed by atoms with Gasteiger partial charge >= 0.3 is 12.2 Å². The fraction of sp³-hybridized carbons (Fsp3) is 0.857. The lowest BCUT2D eigenvalue weighted by Crippen LogP contribution is -2.64. The van der Waals surface area contributed by atoms with Crippen LogP contribution < -0.4 is 22.5 Å². The second-order valence-corrected chi connectivity index (χ2v) is 6.65. The number of hydrogen-bond acceptors (Lipinski definition) is 15. The van der Waals surface area contributed by atoms with Gasteiger partial charge in [-0.1, -0.05) is 0 Å². The maximum absolute atomic E-state index is 11.1. The molecule has 31 heavy (non-hydrogen) atoms. The molecule has 2 heterocycles. The third kappa shape index (κ3) is 6.08. The Kier molecular flexibility index (Phi) is 9.09. The number of carbonyl (C=O) groups excluding carboxylic acids is 2. The number of carbonyl (C=O) groups is 2. The summed E-state index contributed by atoms with van der Waals surface area (Å²) in [5.41, 5.74) is 3.33. The van der Waals surface area contributed by atoms with Crippen molar-refractivity contribution >= 4 is 12.2 Å². The van der Waals surface area contributed by atoms with Crippen molar-refractivity contribution in [1.29, 1.82) is 0 Å². The summed E-state index contributed by atoms with van der Waals surface area (Å²) in [6, 6.07) is 0. The van der Waals surface area contributed by atoms with E-state index in [9.17, 15) is 40.2 Å². The number of amides is 2. The van der Waals surface area contributed by atoms with Gasteiger partial charge in [0.25, 0.3) is 0 Å². The van der Waals surface area contributed by atoms with Crippen LogP contribution in [0.1, 0.15) is 0 Å². The molecule has 0 aliphatic carbocycles. The van der Waals surface area contributed by atoms with Crippen LogP contribution in [-0.2, 0) is 23.7 Å². The summed E-state index contributed by atoms with van der Waals surface area (Å²) >= 11 is 0. The Labute approximate surface area is 174 Å². The van der Waals surface area contributed by atoms with Gasteiger partial charge in [-0.15, -0.1) is 0 Å². The molecule has 10 atom stereocenters. The summed E-state index contributed by atoms with van der Waals surface area (Å²) in [4.78, 5) is 22.2. The van der Waals surface area contributed by atoms with E-state index in [1.54, 1.807) is 10.9 Å². The molecule has 12 N–H and O–H groups in total. The van der Waals surface area contributed by atoms with Crippen molar-refractivity contribution in [3.8, 4) is 0 Å². The zero-order valence-corrected chi connectivity index (χ0v) is 15.9. The van der Waals surface area contributed by atoms with Gasteiger partial charge in [0.1, 0.15) is 62.0 Å². The summed E-state index contributed by atoms with van der Waals surface area (Å²) in [6.07, 6.45) is -19.1. The van der Waals surface area contributed by atoms with Crippen LogP contribution in [0.15, 0.2) is 0 Å². The van der Waals surface area contributed by atoms with E-state index in [1.807, 2.05) is 0 Å². The molecular weight excluding hydrogens is 432 g/mol. The van der Waals surface area contributed by atoms with Crippen molar-refractivity contribution < 1.29 is 63.9 Å². The first-order chi connectivity index (χ1) is 14.6. The average Bonchev–Trinajstić information content (AvgIpc) is 2.77. The topological polar surface area (TPSA) is 278 Å². The Hall–Kier alpha value is -1.90.